The molecule has 0 spiro atoms. The van der Waals surface area contributed by atoms with E-state index >= 15 is 0 Å². The third kappa shape index (κ3) is 7.08. The Kier molecular flexibility index (Phi) is 8.53. The van der Waals surface area contributed by atoms with Crippen LogP contribution in [0.1, 0.15) is 37.7 Å². The molecule has 0 saturated carbocycles. The number of rotatable bonds is 5. The average molecular weight is 714 g/mol. The largest absolute Gasteiger partial charge is 0.444 e. The van der Waals surface area contributed by atoms with Crippen LogP contribution in [-0.4, -0.2) is 91.7 Å². The van der Waals surface area contributed by atoms with Crippen molar-refractivity contribution in [3.8, 4) is 0 Å². The molecule has 0 aliphatic carbocycles. The first-order valence-electron chi connectivity index (χ1n) is 16.5. The van der Waals surface area contributed by atoms with E-state index in [9.17, 15) is 4.79 Å². The number of carbonyl (C=O) groups is 1. The van der Waals surface area contributed by atoms with Gasteiger partial charge in [0.2, 0.25) is 0 Å². The molecule has 18 heteroatoms. The molecule has 2 N–H and O–H groups in total. The number of hydrogen-bond donors (Lipinski definition) is 2. The molecule has 6 aromatic rings. The first-order valence-corrected chi connectivity index (χ1v) is 16.9. The Balaban J connectivity index is 0.000000161. The summed E-state index contributed by atoms with van der Waals surface area (Å²) in [4.78, 5) is 22.7. The van der Waals surface area contributed by atoms with Crippen molar-refractivity contribution in [1.29, 1.82) is 0 Å². The predicted octanol–water partition coefficient (Wildman–Crippen LogP) is 4.69. The minimum Gasteiger partial charge on any atom is -0.444 e. The second kappa shape index (κ2) is 13.3. The van der Waals surface area contributed by atoms with E-state index < -0.39 is 5.60 Å². The summed E-state index contributed by atoms with van der Waals surface area (Å²) in [5.41, 5.74) is 6.53. The molecule has 9 rings (SSSR count). The highest BCUT2D eigenvalue weighted by Gasteiger charge is 2.26. The first kappa shape index (κ1) is 32.7. The predicted molar refractivity (Wildman–Crippen MR) is 187 cm³/mol. The van der Waals surface area contributed by atoms with Crippen LogP contribution in [0.5, 0.6) is 0 Å². The van der Waals surface area contributed by atoms with Crippen LogP contribution in [0.25, 0.3) is 16.9 Å². The van der Waals surface area contributed by atoms with E-state index in [0.717, 1.165) is 58.6 Å². The van der Waals surface area contributed by atoms with E-state index in [2.05, 4.69) is 41.0 Å². The Morgan fingerprint density at radius 3 is 2.02 bits per heavy atom. The van der Waals surface area contributed by atoms with Gasteiger partial charge in [-0.05, 0) is 44.0 Å². The van der Waals surface area contributed by atoms with Gasteiger partial charge in [0.1, 0.15) is 18.3 Å². The molecule has 51 heavy (non-hydrogen) atoms. The van der Waals surface area contributed by atoms with Crippen molar-refractivity contribution in [2.24, 2.45) is 0 Å². The molecule has 17 nitrogen and oxygen atoms in total. The number of nitrogens with zero attached hydrogens (tertiary/aromatic N) is 11. The maximum Gasteiger partial charge on any atom is 0.410 e. The second-order valence-electron chi connectivity index (χ2n) is 13.2. The number of amides is 1. The van der Waals surface area contributed by atoms with Gasteiger partial charge in [0.05, 0.1) is 67.3 Å². The van der Waals surface area contributed by atoms with Crippen LogP contribution in [0.2, 0.25) is 5.02 Å². The van der Waals surface area contributed by atoms with Crippen molar-refractivity contribution >= 4 is 57.6 Å². The smallest absolute Gasteiger partial charge is 0.410 e. The highest BCUT2D eigenvalue weighted by molar-refractivity contribution is 6.30. The first-order chi connectivity index (χ1) is 24.6. The van der Waals surface area contributed by atoms with E-state index in [0.29, 0.717) is 55.8 Å². The quantitative estimate of drug-likeness (QED) is 0.253. The lowest BCUT2D eigenvalue weighted by molar-refractivity contribution is 0.0306. The maximum atomic E-state index is 12.4. The van der Waals surface area contributed by atoms with Gasteiger partial charge in [0.15, 0.2) is 22.9 Å². The van der Waals surface area contributed by atoms with Crippen LogP contribution in [0.4, 0.5) is 27.8 Å². The third-order valence-corrected chi connectivity index (χ3v) is 8.51. The Hall–Kier alpha value is -5.52. The summed E-state index contributed by atoms with van der Waals surface area (Å²) in [5.74, 6) is 1.48. The monoisotopic (exact) mass is 713 g/mol. The zero-order chi connectivity index (χ0) is 35.1. The van der Waals surface area contributed by atoms with Crippen LogP contribution in [0, 0.1) is 0 Å². The van der Waals surface area contributed by atoms with Gasteiger partial charge in [-0.1, -0.05) is 17.7 Å². The van der Waals surface area contributed by atoms with Gasteiger partial charge in [0, 0.05) is 37.6 Å². The molecule has 0 radical (unpaired) electrons. The van der Waals surface area contributed by atoms with Crippen LogP contribution < -0.4 is 10.6 Å². The molecule has 0 atom stereocenters. The lowest BCUT2D eigenvalue weighted by Gasteiger charge is -2.24. The van der Waals surface area contributed by atoms with Crippen molar-refractivity contribution in [3.05, 3.63) is 77.4 Å². The number of nitrogens with one attached hydrogen (secondary N) is 2. The van der Waals surface area contributed by atoms with E-state index in [1.54, 1.807) is 26.2 Å². The molecule has 0 fully saturated rings. The molecule has 6 aromatic heterocycles. The van der Waals surface area contributed by atoms with E-state index in [1.165, 1.54) is 12.7 Å². The highest BCUT2D eigenvalue weighted by Crippen LogP contribution is 2.29. The Labute approximate surface area is 296 Å². The SMILES string of the molecule is CC(C)(C)OC(=O)N1CC=C(c2cc(Nc3cc4n(n3)CCOC4)c3ncnn3c2)C1.Clc1cc(Nc2cc3n(n2)CCOC3)c2ncnn2c1. The van der Waals surface area contributed by atoms with Gasteiger partial charge >= 0.3 is 6.09 Å². The second-order valence-corrected chi connectivity index (χ2v) is 13.6. The Morgan fingerprint density at radius 1 is 0.843 bits per heavy atom. The molecule has 264 valence electrons. The maximum absolute atomic E-state index is 12.4. The lowest BCUT2D eigenvalue weighted by atomic mass is 10.1. The summed E-state index contributed by atoms with van der Waals surface area (Å²) < 4.78 is 23.7. The minimum atomic E-state index is -0.522. The van der Waals surface area contributed by atoms with Crippen molar-refractivity contribution < 1.29 is 19.0 Å². The Bertz CT molecular complexity index is 2220. The summed E-state index contributed by atoms with van der Waals surface area (Å²) in [6, 6.07) is 7.77. The summed E-state index contributed by atoms with van der Waals surface area (Å²) in [6.07, 6.45) is 8.36. The molecule has 0 unspecified atom stereocenters. The fourth-order valence-electron chi connectivity index (χ4n) is 5.99. The number of anilines is 4. The van der Waals surface area contributed by atoms with Crippen LogP contribution >= 0.6 is 11.6 Å². The standard InChI is InChI=1S/C21H25N7O3.C12H11ClN6O/c1-21(2,3)31-20(29)26-5-4-14(10-26)15-8-17(19-22-13-23-28(19)11-15)24-18-9-16-12-30-7-6-27(16)25-18;13-8-3-10(12-14-7-15-19(12)5-8)16-11-4-9-6-20-2-1-18(9)17-11/h4,8-9,11,13H,5-7,10,12H2,1-3H3,(H,24,25);3-5,7H,1-2,6H2,(H,16,17). The molecule has 3 aliphatic rings. The van der Waals surface area contributed by atoms with Gasteiger partial charge in [0.25, 0.3) is 0 Å². The van der Waals surface area contributed by atoms with E-state index in [4.69, 9.17) is 25.8 Å². The van der Waals surface area contributed by atoms with Gasteiger partial charge in [-0.15, -0.1) is 0 Å². The summed E-state index contributed by atoms with van der Waals surface area (Å²) in [5, 5.41) is 24.7. The number of halogens is 1. The molecule has 0 bridgehead atoms. The number of fused-ring (bicyclic) bond motifs is 4. The molecular formula is C33H36ClN13O4. The third-order valence-electron chi connectivity index (χ3n) is 8.31. The van der Waals surface area contributed by atoms with Crippen LogP contribution in [0.15, 0.2) is 55.4 Å². The molecule has 3 aliphatic heterocycles. The summed E-state index contributed by atoms with van der Waals surface area (Å²) in [6.45, 7) is 10.6. The molecule has 9 heterocycles. The van der Waals surface area contributed by atoms with E-state index in [1.807, 2.05) is 60.6 Å². The van der Waals surface area contributed by atoms with E-state index in [-0.39, 0.29) is 6.09 Å². The van der Waals surface area contributed by atoms with Gasteiger partial charge in [-0.2, -0.15) is 20.4 Å². The topological polar surface area (TPSA) is 168 Å². The summed E-state index contributed by atoms with van der Waals surface area (Å²) >= 11 is 6.07. The number of hydrogen-bond acceptors (Lipinski definition) is 12. The zero-order valence-corrected chi connectivity index (χ0v) is 29.0. The normalized spacial score (nSPS) is 15.6. The lowest BCUT2D eigenvalue weighted by Crippen LogP contribution is -2.35. The number of carbonyl (C=O) groups excluding carboxylic acids is 1. The molecule has 0 aromatic carbocycles. The number of aromatic nitrogens is 10. The molecule has 1 amide bonds. The minimum absolute atomic E-state index is 0.315. The van der Waals surface area contributed by atoms with Gasteiger partial charge in [-0.3, -0.25) is 9.36 Å². The van der Waals surface area contributed by atoms with Crippen molar-refractivity contribution in [2.45, 2.75) is 52.7 Å². The fourth-order valence-corrected chi connectivity index (χ4v) is 6.20. The van der Waals surface area contributed by atoms with Gasteiger partial charge in [-0.25, -0.2) is 23.8 Å². The fraction of sp³-hybridized carbons (Fsp3) is 0.364. The zero-order valence-electron chi connectivity index (χ0n) is 28.3. The Morgan fingerprint density at radius 2 is 1.43 bits per heavy atom. The van der Waals surface area contributed by atoms with Crippen molar-refractivity contribution in [1.82, 2.24) is 53.7 Å². The van der Waals surface area contributed by atoms with Crippen LogP contribution in [-0.2, 0) is 40.5 Å². The highest BCUT2D eigenvalue weighted by atomic mass is 35.5. The average Bonchev–Trinajstić information content (AvgIpc) is 3.93. The van der Waals surface area contributed by atoms with Crippen LogP contribution in [0.3, 0.4) is 0 Å². The van der Waals surface area contributed by atoms with Gasteiger partial charge < -0.3 is 29.7 Å². The number of ether oxygens (including phenoxy) is 3. The molecular weight excluding hydrogens is 678 g/mol. The summed E-state index contributed by atoms with van der Waals surface area (Å²) in [7, 11) is 0. The number of pyridine rings is 2. The van der Waals surface area contributed by atoms with Crippen molar-refractivity contribution in [2.75, 3.05) is 36.9 Å². The molecule has 0 saturated heterocycles. The van der Waals surface area contributed by atoms with Crippen molar-refractivity contribution in [3.63, 3.8) is 0 Å².